The van der Waals surface area contributed by atoms with Crippen LogP contribution in [0.1, 0.15) is 34.3 Å². The summed E-state index contributed by atoms with van der Waals surface area (Å²) in [5.41, 5.74) is 11.0. The van der Waals surface area contributed by atoms with Crippen molar-refractivity contribution in [1.29, 1.82) is 5.26 Å². The number of benzene rings is 1. The van der Waals surface area contributed by atoms with Crippen LogP contribution in [0.25, 0.3) is 22.2 Å². The van der Waals surface area contributed by atoms with E-state index in [1.54, 1.807) is 24.0 Å². The maximum Gasteiger partial charge on any atom is 0.251 e. The predicted molar refractivity (Wildman–Crippen MR) is 149 cm³/mol. The Labute approximate surface area is 220 Å². The number of nitriles is 1. The number of aliphatic imine (C=N–C) groups is 1. The Hall–Kier alpha value is -4.97. The monoisotopic (exact) mass is 504 g/mol. The van der Waals surface area contributed by atoms with E-state index in [1.807, 2.05) is 60.9 Å². The number of pyridine rings is 2. The van der Waals surface area contributed by atoms with Crippen LogP contribution in [0.15, 0.2) is 78.3 Å². The fourth-order valence-electron chi connectivity index (χ4n) is 4.78. The molecular weight excluding hydrogens is 476 g/mol. The largest absolute Gasteiger partial charge is 0.404 e. The van der Waals surface area contributed by atoms with Crippen molar-refractivity contribution in [2.24, 2.45) is 10.7 Å². The summed E-state index contributed by atoms with van der Waals surface area (Å²) < 4.78 is 1.69. The number of rotatable bonds is 6. The number of fused-ring (bicyclic) bond motifs is 1. The molecule has 1 fully saturated rings. The number of amides is 1. The number of aromatic nitrogens is 3. The molecule has 4 aromatic rings. The third-order valence-corrected chi connectivity index (χ3v) is 6.76. The van der Waals surface area contributed by atoms with Crippen LogP contribution in [0.3, 0.4) is 0 Å². The molecule has 0 aliphatic carbocycles. The van der Waals surface area contributed by atoms with E-state index in [2.05, 4.69) is 26.4 Å². The molecule has 9 nitrogen and oxygen atoms in total. The normalized spacial score (nSPS) is 14.6. The highest BCUT2D eigenvalue weighted by Crippen LogP contribution is 2.31. The highest BCUT2D eigenvalue weighted by atomic mass is 16.1. The molecule has 0 spiro atoms. The first-order valence-corrected chi connectivity index (χ1v) is 12.4. The van der Waals surface area contributed by atoms with E-state index >= 15 is 0 Å². The first kappa shape index (κ1) is 24.7. The Morgan fingerprint density at radius 1 is 1.16 bits per heavy atom. The lowest BCUT2D eigenvalue weighted by Gasteiger charge is -2.33. The minimum absolute atomic E-state index is 0.0328. The Morgan fingerprint density at radius 3 is 2.61 bits per heavy atom. The van der Waals surface area contributed by atoms with Crippen molar-refractivity contribution in [3.8, 4) is 17.2 Å². The van der Waals surface area contributed by atoms with Crippen LogP contribution >= 0.6 is 0 Å². The second-order valence-corrected chi connectivity index (χ2v) is 9.12. The van der Waals surface area contributed by atoms with Gasteiger partial charge in [-0.2, -0.15) is 10.4 Å². The highest BCUT2D eigenvalue weighted by Gasteiger charge is 2.22. The highest BCUT2D eigenvalue weighted by molar-refractivity contribution is 6.10. The number of piperidine rings is 1. The number of nitrogens with one attached hydrogen (secondary N) is 1. The predicted octanol–water partition coefficient (Wildman–Crippen LogP) is 3.67. The van der Waals surface area contributed by atoms with E-state index in [-0.39, 0.29) is 11.9 Å². The summed E-state index contributed by atoms with van der Waals surface area (Å²) in [6, 6.07) is 17.7. The zero-order valence-electron chi connectivity index (χ0n) is 21.1. The number of carbonyl (C=O) groups is 1. The SMILES string of the molecule is CN=CC(=CN)c1cc(-c2ccc(N3CCC(NC(=O)c4ccccc4)CC3)nc2)c2c(C#N)cnn2c1. The number of hydrogen-bond donors (Lipinski definition) is 2. The lowest BCUT2D eigenvalue weighted by Crippen LogP contribution is -2.44. The molecule has 3 N–H and O–H groups in total. The van der Waals surface area contributed by atoms with Crippen LogP contribution in [0.5, 0.6) is 0 Å². The second kappa shape index (κ2) is 11.0. The standard InChI is InChI=1S/C29H28N8O/c1-32-16-23(14-30)22-13-26(28-24(15-31)18-34-37(28)19-22)21-7-8-27(33-17-21)36-11-9-25(10-12-36)35-29(38)20-5-3-2-4-6-20/h2-8,13-14,16-19,25H,9-12,30H2,1H3,(H,35,38). The summed E-state index contributed by atoms with van der Waals surface area (Å²) in [4.78, 5) is 23.6. The van der Waals surface area contributed by atoms with Gasteiger partial charge in [0, 0.05) is 78.8 Å². The second-order valence-electron chi connectivity index (χ2n) is 9.12. The van der Waals surface area contributed by atoms with Crippen molar-refractivity contribution in [1.82, 2.24) is 19.9 Å². The number of carbonyl (C=O) groups excluding carboxylic acids is 1. The molecule has 1 aromatic carbocycles. The van der Waals surface area contributed by atoms with Crippen molar-refractivity contribution < 1.29 is 4.79 Å². The third-order valence-electron chi connectivity index (χ3n) is 6.76. The van der Waals surface area contributed by atoms with Crippen LogP contribution in [0, 0.1) is 11.3 Å². The Morgan fingerprint density at radius 2 is 1.95 bits per heavy atom. The van der Waals surface area contributed by atoms with E-state index in [0.29, 0.717) is 16.6 Å². The molecule has 0 radical (unpaired) electrons. The summed E-state index contributed by atoms with van der Waals surface area (Å²) in [6.45, 7) is 1.60. The molecule has 4 heterocycles. The molecular formula is C29H28N8O. The van der Waals surface area contributed by atoms with E-state index in [9.17, 15) is 10.1 Å². The van der Waals surface area contributed by atoms with Gasteiger partial charge in [0.1, 0.15) is 11.9 Å². The first-order valence-electron chi connectivity index (χ1n) is 12.4. The molecule has 0 atom stereocenters. The average Bonchev–Trinajstić information content (AvgIpc) is 3.39. The van der Waals surface area contributed by atoms with Crippen LogP contribution in [-0.4, -0.2) is 52.9 Å². The van der Waals surface area contributed by atoms with Crippen LogP contribution in [-0.2, 0) is 0 Å². The van der Waals surface area contributed by atoms with Gasteiger partial charge in [0.25, 0.3) is 5.91 Å². The molecule has 38 heavy (non-hydrogen) atoms. The fraction of sp³-hybridized carbons (Fsp3) is 0.207. The lowest BCUT2D eigenvalue weighted by molar-refractivity contribution is 0.0931. The number of nitrogens with two attached hydrogens (primary N) is 1. The minimum Gasteiger partial charge on any atom is -0.404 e. The molecule has 0 unspecified atom stereocenters. The Bertz CT molecular complexity index is 1540. The van der Waals surface area contributed by atoms with Crippen molar-refractivity contribution in [3.63, 3.8) is 0 Å². The zero-order valence-corrected chi connectivity index (χ0v) is 21.1. The van der Waals surface area contributed by atoms with Crippen LogP contribution < -0.4 is 16.0 Å². The summed E-state index contributed by atoms with van der Waals surface area (Å²) >= 11 is 0. The smallest absolute Gasteiger partial charge is 0.251 e. The maximum absolute atomic E-state index is 12.5. The van der Waals surface area contributed by atoms with Crippen molar-refractivity contribution in [2.45, 2.75) is 18.9 Å². The summed E-state index contributed by atoms with van der Waals surface area (Å²) in [5.74, 6) is 0.845. The van der Waals surface area contributed by atoms with Gasteiger partial charge < -0.3 is 16.0 Å². The van der Waals surface area contributed by atoms with E-state index in [4.69, 9.17) is 10.7 Å². The van der Waals surface area contributed by atoms with Crippen LogP contribution in [0.4, 0.5) is 5.82 Å². The Kier molecular flexibility index (Phi) is 7.13. The Balaban J connectivity index is 1.34. The topological polar surface area (TPSA) is 125 Å². The molecule has 5 rings (SSSR count). The van der Waals surface area contributed by atoms with Crippen molar-refractivity contribution in [3.05, 3.63) is 90.0 Å². The van der Waals surface area contributed by atoms with E-state index < -0.39 is 0 Å². The van der Waals surface area contributed by atoms with Crippen LogP contribution in [0.2, 0.25) is 0 Å². The van der Waals surface area contributed by atoms with Gasteiger partial charge in [0.2, 0.25) is 0 Å². The third kappa shape index (κ3) is 4.97. The fourth-order valence-corrected chi connectivity index (χ4v) is 4.78. The van der Waals surface area contributed by atoms with Gasteiger partial charge in [-0.3, -0.25) is 9.79 Å². The summed E-state index contributed by atoms with van der Waals surface area (Å²) in [5, 5.41) is 17.2. The molecule has 3 aromatic heterocycles. The number of anilines is 1. The van der Waals surface area contributed by atoms with Gasteiger partial charge >= 0.3 is 0 Å². The van der Waals surface area contributed by atoms with Gasteiger partial charge in [-0.15, -0.1) is 0 Å². The van der Waals surface area contributed by atoms with Gasteiger partial charge in [0.15, 0.2) is 0 Å². The van der Waals surface area contributed by atoms with Gasteiger partial charge in [-0.05, 0) is 43.2 Å². The van der Waals surface area contributed by atoms with Crippen molar-refractivity contribution in [2.75, 3.05) is 25.0 Å². The molecule has 1 saturated heterocycles. The van der Waals surface area contributed by atoms with E-state index in [1.165, 1.54) is 6.20 Å². The molecule has 190 valence electrons. The summed E-state index contributed by atoms with van der Waals surface area (Å²) in [7, 11) is 1.69. The average molecular weight is 505 g/mol. The molecule has 0 saturated carbocycles. The maximum atomic E-state index is 12.5. The zero-order chi connectivity index (χ0) is 26.5. The van der Waals surface area contributed by atoms with Gasteiger partial charge in [-0.25, -0.2) is 9.50 Å². The number of allylic oxidation sites excluding steroid dienone is 1. The molecule has 0 bridgehead atoms. The van der Waals surface area contributed by atoms with Crippen molar-refractivity contribution >= 4 is 29.0 Å². The summed E-state index contributed by atoms with van der Waals surface area (Å²) in [6.07, 6.45) is 10.1. The number of hydrogen-bond acceptors (Lipinski definition) is 7. The first-order chi connectivity index (χ1) is 18.6. The van der Waals surface area contributed by atoms with Gasteiger partial charge in [0.05, 0.1) is 17.3 Å². The quantitative estimate of drug-likeness (QED) is 0.386. The minimum atomic E-state index is -0.0328. The molecule has 1 aliphatic heterocycles. The molecule has 1 aliphatic rings. The van der Waals surface area contributed by atoms with Gasteiger partial charge in [-0.1, -0.05) is 18.2 Å². The molecule has 1 amide bonds. The molecule has 9 heteroatoms. The number of nitrogens with zero attached hydrogens (tertiary/aromatic N) is 6. The van der Waals surface area contributed by atoms with E-state index in [0.717, 1.165) is 54.0 Å². The lowest BCUT2D eigenvalue weighted by atomic mass is 10.0.